The molecule has 0 aliphatic rings. The number of nitrogens with zero attached hydrogens (tertiary/aromatic N) is 1. The number of benzene rings is 2. The molecule has 0 bridgehead atoms. The first kappa shape index (κ1) is 15.9. The molecule has 0 N–H and O–H groups in total. The molecule has 21 heavy (non-hydrogen) atoms. The molecule has 3 nitrogen and oxygen atoms in total. The highest BCUT2D eigenvalue weighted by Crippen LogP contribution is 2.32. The van der Waals surface area contributed by atoms with Crippen molar-refractivity contribution in [3.05, 3.63) is 57.0 Å². The highest BCUT2D eigenvalue weighted by atomic mass is 79.9. The van der Waals surface area contributed by atoms with E-state index in [9.17, 15) is 4.79 Å². The molecule has 0 heterocycles. The number of hydrogen-bond acceptors (Lipinski definition) is 3. The van der Waals surface area contributed by atoms with Crippen molar-refractivity contribution in [2.75, 3.05) is 19.0 Å². The van der Waals surface area contributed by atoms with Gasteiger partial charge in [0, 0.05) is 24.3 Å². The van der Waals surface area contributed by atoms with Crippen LogP contribution in [0.5, 0.6) is 5.75 Å². The van der Waals surface area contributed by atoms with E-state index in [0.717, 1.165) is 15.7 Å². The lowest BCUT2D eigenvalue weighted by molar-refractivity contribution is 0.0733. The molecule has 5 heteroatoms. The van der Waals surface area contributed by atoms with Crippen molar-refractivity contribution in [3.63, 3.8) is 0 Å². The summed E-state index contributed by atoms with van der Waals surface area (Å²) >= 11 is 9.49. The number of carbonyl (C=O) groups excluding carboxylic acids is 1. The van der Waals surface area contributed by atoms with Gasteiger partial charge in [-0.05, 0) is 42.8 Å². The first-order chi connectivity index (χ1) is 9.88. The average molecular weight is 369 g/mol. The molecule has 0 aromatic heterocycles. The third-order valence-electron chi connectivity index (χ3n) is 2.99. The van der Waals surface area contributed by atoms with E-state index in [4.69, 9.17) is 16.3 Å². The molecule has 110 valence electrons. The van der Waals surface area contributed by atoms with Crippen molar-refractivity contribution in [2.45, 2.75) is 6.92 Å². The van der Waals surface area contributed by atoms with E-state index in [1.54, 1.807) is 18.2 Å². The van der Waals surface area contributed by atoms with E-state index in [-0.39, 0.29) is 0 Å². The molecule has 0 saturated carbocycles. The maximum atomic E-state index is 12.3. The number of halogens is 2. The Morgan fingerprint density at radius 3 is 2.57 bits per heavy atom. The van der Waals surface area contributed by atoms with Crippen LogP contribution in [0.25, 0.3) is 0 Å². The summed E-state index contributed by atoms with van der Waals surface area (Å²) in [5.74, 6) is -0.0360. The van der Waals surface area contributed by atoms with Gasteiger partial charge >= 0.3 is 5.97 Å². The largest absolute Gasteiger partial charge is 0.421 e. The number of hydrogen-bond donors (Lipinski definition) is 0. The first-order valence-corrected chi connectivity index (χ1v) is 7.51. The van der Waals surface area contributed by atoms with Crippen molar-refractivity contribution in [1.82, 2.24) is 0 Å². The van der Waals surface area contributed by atoms with Crippen LogP contribution < -0.4 is 9.64 Å². The number of esters is 1. The fraction of sp³-hybridized carbons (Fsp3) is 0.188. The molecule has 0 saturated heterocycles. The molecule has 2 aromatic rings. The van der Waals surface area contributed by atoms with Crippen LogP contribution in [0.1, 0.15) is 15.9 Å². The van der Waals surface area contributed by atoms with Gasteiger partial charge in [0.1, 0.15) is 0 Å². The van der Waals surface area contributed by atoms with Crippen LogP contribution in [0.3, 0.4) is 0 Å². The van der Waals surface area contributed by atoms with Gasteiger partial charge in [0.05, 0.1) is 10.6 Å². The predicted molar refractivity (Wildman–Crippen MR) is 89.6 cm³/mol. The van der Waals surface area contributed by atoms with Crippen molar-refractivity contribution < 1.29 is 9.53 Å². The van der Waals surface area contributed by atoms with Gasteiger partial charge in [0.15, 0.2) is 5.75 Å². The number of anilines is 1. The number of ether oxygens (including phenoxy) is 1. The van der Waals surface area contributed by atoms with Crippen molar-refractivity contribution in [3.8, 4) is 5.75 Å². The standard InChI is InChI=1S/C16H15BrClNO2/c1-10-7-12(17)9-14(18)15(10)21-16(20)11-5-4-6-13(8-11)19(2)3/h4-9H,1-3H3. The normalized spacial score (nSPS) is 10.3. The quantitative estimate of drug-likeness (QED) is 0.581. The summed E-state index contributed by atoms with van der Waals surface area (Å²) in [5, 5.41) is 0.402. The van der Waals surface area contributed by atoms with E-state index in [1.165, 1.54) is 0 Å². The summed E-state index contributed by atoms with van der Waals surface area (Å²) in [6.07, 6.45) is 0. The molecule has 0 atom stereocenters. The van der Waals surface area contributed by atoms with Crippen LogP contribution in [-0.4, -0.2) is 20.1 Å². The van der Waals surface area contributed by atoms with E-state index >= 15 is 0 Å². The third kappa shape index (κ3) is 3.77. The van der Waals surface area contributed by atoms with Crippen LogP contribution in [-0.2, 0) is 0 Å². The van der Waals surface area contributed by atoms with E-state index in [0.29, 0.717) is 16.3 Å². The number of carbonyl (C=O) groups is 1. The van der Waals surface area contributed by atoms with Gasteiger partial charge in [-0.15, -0.1) is 0 Å². The summed E-state index contributed by atoms with van der Waals surface area (Å²) in [7, 11) is 3.83. The Morgan fingerprint density at radius 2 is 1.95 bits per heavy atom. The van der Waals surface area contributed by atoms with E-state index in [2.05, 4.69) is 15.9 Å². The van der Waals surface area contributed by atoms with Gasteiger partial charge in [0.2, 0.25) is 0 Å². The minimum absolute atomic E-state index is 0.389. The van der Waals surface area contributed by atoms with E-state index < -0.39 is 5.97 Å². The molecular formula is C16H15BrClNO2. The SMILES string of the molecule is Cc1cc(Br)cc(Cl)c1OC(=O)c1cccc(N(C)C)c1. The zero-order valence-corrected chi connectivity index (χ0v) is 14.3. The smallest absolute Gasteiger partial charge is 0.343 e. The molecule has 0 amide bonds. The Labute approximate surface area is 137 Å². The fourth-order valence-corrected chi connectivity index (χ4v) is 2.89. The molecule has 2 aromatic carbocycles. The lowest BCUT2D eigenvalue weighted by atomic mass is 10.2. The molecule has 0 aliphatic heterocycles. The van der Waals surface area contributed by atoms with Crippen LogP contribution in [0.2, 0.25) is 5.02 Å². The lowest BCUT2D eigenvalue weighted by Gasteiger charge is -2.14. The molecular weight excluding hydrogens is 354 g/mol. The zero-order chi connectivity index (χ0) is 15.6. The zero-order valence-electron chi connectivity index (χ0n) is 12.0. The van der Waals surface area contributed by atoms with Gasteiger partial charge in [-0.2, -0.15) is 0 Å². The second-order valence-corrected chi connectivity index (χ2v) is 6.19. The second-order valence-electron chi connectivity index (χ2n) is 4.87. The third-order valence-corrected chi connectivity index (χ3v) is 3.73. The molecule has 0 unspecified atom stereocenters. The van der Waals surface area contributed by atoms with Crippen LogP contribution >= 0.6 is 27.5 Å². The minimum Gasteiger partial charge on any atom is -0.421 e. The molecule has 0 aliphatic carbocycles. The number of rotatable bonds is 3. The number of aryl methyl sites for hydroxylation is 1. The average Bonchev–Trinajstić information content (AvgIpc) is 2.42. The first-order valence-electron chi connectivity index (χ1n) is 6.33. The Kier molecular flexibility index (Phi) is 4.91. The van der Waals surface area contributed by atoms with Gasteiger partial charge in [-0.25, -0.2) is 4.79 Å². The summed E-state index contributed by atoms with van der Waals surface area (Å²) in [6.45, 7) is 1.84. The Balaban J connectivity index is 2.28. The maximum Gasteiger partial charge on any atom is 0.343 e. The minimum atomic E-state index is -0.425. The highest BCUT2D eigenvalue weighted by molar-refractivity contribution is 9.10. The van der Waals surface area contributed by atoms with Crippen molar-refractivity contribution >= 4 is 39.2 Å². The molecule has 0 fully saturated rings. The maximum absolute atomic E-state index is 12.3. The predicted octanol–water partition coefficient (Wildman–Crippen LogP) is 4.70. The van der Waals surface area contributed by atoms with Crippen LogP contribution in [0, 0.1) is 6.92 Å². The van der Waals surface area contributed by atoms with E-state index in [1.807, 2.05) is 44.1 Å². The molecule has 0 spiro atoms. The fourth-order valence-electron chi connectivity index (χ4n) is 1.88. The topological polar surface area (TPSA) is 29.5 Å². The monoisotopic (exact) mass is 367 g/mol. The van der Waals surface area contributed by atoms with Crippen molar-refractivity contribution in [2.24, 2.45) is 0 Å². The Morgan fingerprint density at radius 1 is 1.24 bits per heavy atom. The Hall–Kier alpha value is -1.52. The van der Waals surface area contributed by atoms with Crippen LogP contribution in [0.4, 0.5) is 5.69 Å². The van der Waals surface area contributed by atoms with Gasteiger partial charge in [0.25, 0.3) is 0 Å². The van der Waals surface area contributed by atoms with Crippen molar-refractivity contribution in [1.29, 1.82) is 0 Å². The lowest BCUT2D eigenvalue weighted by Crippen LogP contribution is -2.13. The summed E-state index contributed by atoms with van der Waals surface area (Å²) < 4.78 is 6.29. The second kappa shape index (κ2) is 6.50. The van der Waals surface area contributed by atoms with Gasteiger partial charge in [-0.3, -0.25) is 0 Å². The highest BCUT2D eigenvalue weighted by Gasteiger charge is 2.14. The summed E-state index contributed by atoms with van der Waals surface area (Å²) in [6, 6.07) is 10.8. The Bertz CT molecular complexity index is 663. The molecule has 2 rings (SSSR count). The summed E-state index contributed by atoms with van der Waals surface area (Å²) in [4.78, 5) is 14.2. The summed E-state index contributed by atoms with van der Waals surface area (Å²) in [5.41, 5.74) is 2.22. The molecule has 0 radical (unpaired) electrons. The van der Waals surface area contributed by atoms with Crippen LogP contribution in [0.15, 0.2) is 40.9 Å². The van der Waals surface area contributed by atoms with Gasteiger partial charge in [-0.1, -0.05) is 33.6 Å². The van der Waals surface area contributed by atoms with Gasteiger partial charge < -0.3 is 9.64 Å².